The number of hydrogen-bond acceptors (Lipinski definition) is 4. The Bertz CT molecular complexity index is 732. The van der Waals surface area contributed by atoms with E-state index in [9.17, 15) is 5.26 Å². The third-order valence-corrected chi connectivity index (χ3v) is 3.58. The Balaban J connectivity index is 2.26. The predicted octanol–water partition coefficient (Wildman–Crippen LogP) is 3.29. The first-order valence-corrected chi connectivity index (χ1v) is 7.22. The standard InChI is InChI=1S/C17H22N4O/c1-11-6-7-13(8-12(11)2)10-22-16-14(9-18)15(19)21(20-16)17(3,4)5/h6-8H,10,19H2,1-5H3. The molecule has 2 aromatic rings. The normalized spacial score (nSPS) is 11.3. The van der Waals surface area contributed by atoms with Gasteiger partial charge in [0.2, 0.25) is 0 Å². The molecule has 22 heavy (non-hydrogen) atoms. The molecule has 1 aromatic heterocycles. The van der Waals surface area contributed by atoms with Gasteiger partial charge in [0, 0.05) is 0 Å². The first kappa shape index (κ1) is 15.9. The minimum Gasteiger partial charge on any atom is -0.471 e. The lowest BCUT2D eigenvalue weighted by Crippen LogP contribution is -2.24. The van der Waals surface area contributed by atoms with E-state index in [1.807, 2.05) is 26.8 Å². The quantitative estimate of drug-likeness (QED) is 0.943. The zero-order valence-electron chi connectivity index (χ0n) is 13.8. The van der Waals surface area contributed by atoms with Gasteiger partial charge in [-0.15, -0.1) is 5.10 Å². The molecule has 5 nitrogen and oxygen atoms in total. The van der Waals surface area contributed by atoms with Gasteiger partial charge in [-0.25, -0.2) is 4.68 Å². The van der Waals surface area contributed by atoms with Crippen molar-refractivity contribution in [3.8, 4) is 11.9 Å². The second-order valence-electron chi connectivity index (χ2n) is 6.47. The molecular formula is C17H22N4O. The third-order valence-electron chi connectivity index (χ3n) is 3.58. The highest BCUT2D eigenvalue weighted by atomic mass is 16.5. The van der Waals surface area contributed by atoms with E-state index in [1.165, 1.54) is 11.1 Å². The molecule has 0 atom stereocenters. The van der Waals surface area contributed by atoms with Gasteiger partial charge >= 0.3 is 0 Å². The molecule has 1 heterocycles. The lowest BCUT2D eigenvalue weighted by Gasteiger charge is -2.20. The molecule has 0 aliphatic heterocycles. The highest BCUT2D eigenvalue weighted by molar-refractivity contribution is 5.55. The fourth-order valence-electron chi connectivity index (χ4n) is 2.17. The molecule has 0 amide bonds. The molecule has 5 heteroatoms. The maximum atomic E-state index is 9.29. The van der Waals surface area contributed by atoms with Crippen LogP contribution in [-0.4, -0.2) is 9.78 Å². The van der Waals surface area contributed by atoms with Gasteiger partial charge in [0.1, 0.15) is 18.5 Å². The lowest BCUT2D eigenvalue weighted by atomic mass is 10.1. The molecule has 2 N–H and O–H groups in total. The van der Waals surface area contributed by atoms with Crippen molar-refractivity contribution >= 4 is 5.82 Å². The highest BCUT2D eigenvalue weighted by Gasteiger charge is 2.24. The summed E-state index contributed by atoms with van der Waals surface area (Å²) in [6, 6.07) is 8.22. The predicted molar refractivity (Wildman–Crippen MR) is 86.6 cm³/mol. The van der Waals surface area contributed by atoms with Gasteiger partial charge in [0.25, 0.3) is 5.88 Å². The molecule has 0 spiro atoms. The Kier molecular flexibility index (Phi) is 4.14. The zero-order valence-corrected chi connectivity index (χ0v) is 13.8. The Labute approximate surface area is 131 Å². The van der Waals surface area contributed by atoms with Crippen molar-refractivity contribution in [1.29, 1.82) is 5.26 Å². The van der Waals surface area contributed by atoms with Gasteiger partial charge in [0.05, 0.1) is 5.54 Å². The first-order chi connectivity index (χ1) is 10.2. The summed E-state index contributed by atoms with van der Waals surface area (Å²) in [5.74, 6) is 0.623. The number of hydrogen-bond donors (Lipinski definition) is 1. The van der Waals surface area contributed by atoms with Gasteiger partial charge in [-0.1, -0.05) is 18.2 Å². The van der Waals surface area contributed by atoms with Crippen molar-refractivity contribution in [3.63, 3.8) is 0 Å². The summed E-state index contributed by atoms with van der Waals surface area (Å²) in [6.07, 6.45) is 0. The number of nitrogen functional groups attached to an aromatic ring is 1. The van der Waals surface area contributed by atoms with E-state index in [2.05, 4.69) is 37.1 Å². The van der Waals surface area contributed by atoms with E-state index in [1.54, 1.807) is 4.68 Å². The van der Waals surface area contributed by atoms with Crippen LogP contribution in [0.15, 0.2) is 18.2 Å². The summed E-state index contributed by atoms with van der Waals surface area (Å²) in [7, 11) is 0. The van der Waals surface area contributed by atoms with Crippen LogP contribution in [0.2, 0.25) is 0 Å². The number of rotatable bonds is 3. The SMILES string of the molecule is Cc1ccc(COc2nn(C(C)(C)C)c(N)c2C#N)cc1C. The summed E-state index contributed by atoms with van der Waals surface area (Å²) in [5.41, 5.74) is 9.48. The largest absolute Gasteiger partial charge is 0.471 e. The molecule has 0 radical (unpaired) electrons. The van der Waals surface area contributed by atoms with Crippen LogP contribution in [0.25, 0.3) is 0 Å². The fraction of sp³-hybridized carbons (Fsp3) is 0.412. The maximum absolute atomic E-state index is 9.29. The molecular weight excluding hydrogens is 276 g/mol. The Hall–Kier alpha value is -2.48. The number of nitriles is 1. The number of aromatic nitrogens is 2. The molecule has 0 aliphatic carbocycles. The van der Waals surface area contributed by atoms with Gasteiger partial charge in [0.15, 0.2) is 5.56 Å². The number of aryl methyl sites for hydroxylation is 2. The number of nitrogens with two attached hydrogens (primary N) is 1. The van der Waals surface area contributed by atoms with Crippen molar-refractivity contribution < 1.29 is 4.74 Å². The fourth-order valence-corrected chi connectivity index (χ4v) is 2.17. The minimum atomic E-state index is -0.308. The summed E-state index contributed by atoms with van der Waals surface area (Å²) in [4.78, 5) is 0. The molecule has 0 unspecified atom stereocenters. The number of nitrogens with zero attached hydrogens (tertiary/aromatic N) is 3. The van der Waals surface area contributed by atoms with Crippen LogP contribution in [0.1, 0.15) is 43.0 Å². The topological polar surface area (TPSA) is 76.9 Å². The van der Waals surface area contributed by atoms with Crippen molar-refractivity contribution in [2.24, 2.45) is 0 Å². The van der Waals surface area contributed by atoms with E-state index >= 15 is 0 Å². The molecule has 0 aliphatic rings. The van der Waals surface area contributed by atoms with Crippen LogP contribution in [0, 0.1) is 25.2 Å². The van der Waals surface area contributed by atoms with Crippen molar-refractivity contribution in [2.75, 3.05) is 5.73 Å². The Morgan fingerprint density at radius 2 is 1.95 bits per heavy atom. The van der Waals surface area contributed by atoms with Gasteiger partial charge in [-0.3, -0.25) is 0 Å². The van der Waals surface area contributed by atoms with Crippen molar-refractivity contribution in [2.45, 2.75) is 46.8 Å². The second kappa shape index (κ2) is 5.72. The van der Waals surface area contributed by atoms with E-state index in [-0.39, 0.29) is 11.4 Å². The van der Waals surface area contributed by atoms with Crippen LogP contribution in [0.3, 0.4) is 0 Å². The minimum absolute atomic E-state index is 0.285. The maximum Gasteiger partial charge on any atom is 0.253 e. The van der Waals surface area contributed by atoms with Gasteiger partial charge in [-0.05, 0) is 51.3 Å². The summed E-state index contributed by atoms with van der Waals surface area (Å²) >= 11 is 0. The van der Waals surface area contributed by atoms with Crippen molar-refractivity contribution in [1.82, 2.24) is 9.78 Å². The Morgan fingerprint density at radius 3 is 2.50 bits per heavy atom. The van der Waals surface area contributed by atoms with Gasteiger partial charge in [-0.2, -0.15) is 5.26 Å². The Morgan fingerprint density at radius 1 is 1.27 bits per heavy atom. The monoisotopic (exact) mass is 298 g/mol. The number of anilines is 1. The zero-order chi connectivity index (χ0) is 16.5. The van der Waals surface area contributed by atoms with Crippen LogP contribution < -0.4 is 10.5 Å². The third kappa shape index (κ3) is 3.06. The number of benzene rings is 1. The van der Waals surface area contributed by atoms with Crippen LogP contribution in [-0.2, 0) is 12.1 Å². The second-order valence-corrected chi connectivity index (χ2v) is 6.47. The molecule has 0 fully saturated rings. The van der Waals surface area contributed by atoms with E-state index in [0.717, 1.165) is 5.56 Å². The summed E-state index contributed by atoms with van der Waals surface area (Å²) in [6.45, 7) is 10.4. The summed E-state index contributed by atoms with van der Waals surface area (Å²) in [5, 5.41) is 13.6. The van der Waals surface area contributed by atoms with E-state index < -0.39 is 0 Å². The van der Waals surface area contributed by atoms with Crippen LogP contribution in [0.4, 0.5) is 5.82 Å². The van der Waals surface area contributed by atoms with Crippen molar-refractivity contribution in [3.05, 3.63) is 40.5 Å². The highest BCUT2D eigenvalue weighted by Crippen LogP contribution is 2.28. The molecule has 0 saturated heterocycles. The van der Waals surface area contributed by atoms with Crippen LogP contribution in [0.5, 0.6) is 5.88 Å². The number of ether oxygens (including phenoxy) is 1. The average molecular weight is 298 g/mol. The molecule has 0 bridgehead atoms. The molecule has 2 rings (SSSR count). The van der Waals surface area contributed by atoms with Gasteiger partial charge < -0.3 is 10.5 Å². The average Bonchev–Trinajstić information content (AvgIpc) is 2.76. The first-order valence-electron chi connectivity index (χ1n) is 7.22. The lowest BCUT2D eigenvalue weighted by molar-refractivity contribution is 0.276. The molecule has 0 saturated carbocycles. The summed E-state index contributed by atoms with van der Waals surface area (Å²) < 4.78 is 7.36. The van der Waals surface area contributed by atoms with E-state index in [4.69, 9.17) is 10.5 Å². The smallest absolute Gasteiger partial charge is 0.253 e. The molecule has 1 aromatic carbocycles. The molecule has 116 valence electrons. The van der Waals surface area contributed by atoms with Crippen LogP contribution >= 0.6 is 0 Å². The van der Waals surface area contributed by atoms with E-state index in [0.29, 0.717) is 18.0 Å².